The third-order valence-corrected chi connectivity index (χ3v) is 8.69. The number of thiazole rings is 1. The van der Waals surface area contributed by atoms with Crippen molar-refractivity contribution in [3.05, 3.63) is 95.3 Å². The van der Waals surface area contributed by atoms with Crippen LogP contribution >= 0.6 is 11.3 Å². The highest BCUT2D eigenvalue weighted by Crippen LogP contribution is 2.32. The topological polar surface area (TPSA) is 139 Å². The average Bonchev–Trinajstić information content (AvgIpc) is 3.57. The zero-order valence-corrected chi connectivity index (χ0v) is 24.4. The first-order valence-corrected chi connectivity index (χ1v) is 14.8. The summed E-state index contributed by atoms with van der Waals surface area (Å²) in [5, 5.41) is 15.6. The maximum Gasteiger partial charge on any atom is 0.333 e. The van der Waals surface area contributed by atoms with Crippen molar-refractivity contribution in [3.8, 4) is 6.07 Å². The number of halogens is 1. The van der Waals surface area contributed by atoms with Crippen molar-refractivity contribution in [1.82, 2.24) is 30.1 Å². The summed E-state index contributed by atoms with van der Waals surface area (Å²) in [7, 11) is 0. The Bertz CT molecular complexity index is 1740. The molecule has 0 unspecified atom stereocenters. The number of nitrogens with one attached hydrogen (secondary N) is 1. The van der Waals surface area contributed by atoms with Gasteiger partial charge >= 0.3 is 6.03 Å². The van der Waals surface area contributed by atoms with E-state index in [-0.39, 0.29) is 51.0 Å². The molecule has 6 rings (SSSR count). The zero-order valence-electron chi connectivity index (χ0n) is 23.6. The summed E-state index contributed by atoms with van der Waals surface area (Å²) in [6.45, 7) is -0.0627. The smallest absolute Gasteiger partial charge is 0.333 e. The van der Waals surface area contributed by atoms with Crippen LogP contribution in [0.25, 0.3) is 10.2 Å². The van der Waals surface area contributed by atoms with Crippen molar-refractivity contribution >= 4 is 44.5 Å². The van der Waals surface area contributed by atoms with Crippen molar-refractivity contribution in [2.24, 2.45) is 0 Å². The maximum atomic E-state index is 14.1. The van der Waals surface area contributed by atoms with E-state index in [0.717, 1.165) is 21.3 Å². The van der Waals surface area contributed by atoms with Crippen molar-refractivity contribution in [2.75, 3.05) is 25.4 Å². The Labute approximate surface area is 256 Å². The number of carbonyl (C=O) groups is 3. The first-order chi connectivity index (χ1) is 21.3. The van der Waals surface area contributed by atoms with Gasteiger partial charge in [-0.25, -0.2) is 19.2 Å². The molecule has 0 spiro atoms. The average molecular weight is 613 g/mol. The van der Waals surface area contributed by atoms with Gasteiger partial charge in [0.05, 0.1) is 29.4 Å². The second kappa shape index (κ2) is 12.3. The molecule has 2 saturated heterocycles. The lowest BCUT2D eigenvalue weighted by Crippen LogP contribution is -2.66. The second-order valence-corrected chi connectivity index (χ2v) is 11.7. The van der Waals surface area contributed by atoms with E-state index in [1.807, 2.05) is 54.6 Å². The summed E-state index contributed by atoms with van der Waals surface area (Å²) < 4.78 is 14.3. The molecule has 0 radical (unpaired) electrons. The van der Waals surface area contributed by atoms with Gasteiger partial charge in [0.1, 0.15) is 24.6 Å². The Hall–Kier alpha value is -5.06. The van der Waals surface area contributed by atoms with Gasteiger partial charge in [0, 0.05) is 19.5 Å². The van der Waals surface area contributed by atoms with Gasteiger partial charge in [0.15, 0.2) is 5.13 Å². The molecule has 0 saturated carbocycles. The fourth-order valence-electron chi connectivity index (χ4n) is 5.80. The lowest BCUT2D eigenvalue weighted by Gasteiger charge is -2.46. The number of anilines is 1. The number of nitrogen functional groups attached to an aromatic ring is 1. The highest BCUT2D eigenvalue weighted by atomic mass is 32.1. The van der Waals surface area contributed by atoms with Gasteiger partial charge in [-0.15, -0.1) is 0 Å². The van der Waals surface area contributed by atoms with Crippen LogP contribution in [0.2, 0.25) is 0 Å². The number of benzene rings is 3. The number of carbonyl (C=O) groups excluding carboxylic acids is 3. The van der Waals surface area contributed by atoms with E-state index in [9.17, 15) is 24.0 Å². The number of hydrogen-bond acceptors (Lipinski definition) is 8. The van der Waals surface area contributed by atoms with E-state index in [4.69, 9.17) is 5.73 Å². The van der Waals surface area contributed by atoms with Gasteiger partial charge in [0.2, 0.25) is 11.8 Å². The normalized spacial score (nSPS) is 18.4. The van der Waals surface area contributed by atoms with E-state index >= 15 is 0 Å². The van der Waals surface area contributed by atoms with Crippen molar-refractivity contribution < 1.29 is 18.8 Å². The summed E-state index contributed by atoms with van der Waals surface area (Å²) in [6.07, 6.45) is -0.409. The highest BCUT2D eigenvalue weighted by Gasteiger charge is 2.52. The molecule has 44 heavy (non-hydrogen) atoms. The summed E-state index contributed by atoms with van der Waals surface area (Å²) in [5.41, 5.74) is 9.07. The molecule has 13 heteroatoms. The van der Waals surface area contributed by atoms with E-state index < -0.39 is 24.1 Å². The largest absolute Gasteiger partial charge is 0.375 e. The van der Waals surface area contributed by atoms with Gasteiger partial charge in [0.25, 0.3) is 0 Å². The molecule has 1 aromatic heterocycles. The number of hydrogen-bond donors (Lipinski definition) is 2. The molecule has 2 fully saturated rings. The minimum atomic E-state index is -0.820. The van der Waals surface area contributed by atoms with Crippen molar-refractivity contribution in [1.29, 1.82) is 5.26 Å². The summed E-state index contributed by atoms with van der Waals surface area (Å²) >= 11 is 1.37. The Morgan fingerprint density at radius 2 is 1.86 bits per heavy atom. The number of nitrogens with zero attached hydrogens (tertiary/aromatic N) is 6. The number of hydrazine groups is 1. The number of rotatable bonds is 8. The second-order valence-electron chi connectivity index (χ2n) is 10.6. The number of nitrogens with two attached hydrogens (primary N) is 1. The number of amides is 4. The van der Waals surface area contributed by atoms with Crippen LogP contribution in [0.1, 0.15) is 16.7 Å². The molecule has 2 aliphatic heterocycles. The number of para-hydroxylation sites is 1. The Kier molecular flexibility index (Phi) is 8.10. The number of piperazine rings is 1. The standard InChI is InChI=1S/C31H29FN8O3S/c32-23-11-9-21(10-12-23)16-35-31(43)38(14-13-33)39-19-27(41)40-24(15-20-5-2-1-3-6-20)29(42)37(18-26(39)40)17-22-7-4-8-25-28(22)36-30(34)44-25/h1-12,24,26H,14-19H2,(H2,34,36)(H,35,43)/t24-,26+/m0/s1. The molecule has 0 bridgehead atoms. The van der Waals surface area contributed by atoms with Crippen LogP contribution in [0.5, 0.6) is 0 Å². The van der Waals surface area contributed by atoms with E-state index in [0.29, 0.717) is 10.7 Å². The third kappa shape index (κ3) is 5.77. The van der Waals surface area contributed by atoms with Crippen LogP contribution in [-0.4, -0.2) is 74.5 Å². The van der Waals surface area contributed by atoms with Crippen LogP contribution in [0.4, 0.5) is 14.3 Å². The summed E-state index contributed by atoms with van der Waals surface area (Å²) in [5.74, 6) is -0.918. The Balaban J connectivity index is 1.30. The lowest BCUT2D eigenvalue weighted by molar-refractivity contribution is -0.157. The predicted octanol–water partition coefficient (Wildman–Crippen LogP) is 3.09. The van der Waals surface area contributed by atoms with E-state index in [1.54, 1.807) is 26.9 Å². The molecule has 4 amide bonds. The number of aromatic nitrogens is 1. The van der Waals surface area contributed by atoms with Crippen LogP contribution < -0.4 is 11.1 Å². The van der Waals surface area contributed by atoms with Crippen LogP contribution in [0.3, 0.4) is 0 Å². The van der Waals surface area contributed by atoms with Gasteiger partial charge in [-0.3, -0.25) is 9.59 Å². The molecule has 11 nitrogen and oxygen atoms in total. The van der Waals surface area contributed by atoms with Crippen molar-refractivity contribution in [3.63, 3.8) is 0 Å². The fourth-order valence-corrected chi connectivity index (χ4v) is 6.58. The van der Waals surface area contributed by atoms with Crippen LogP contribution in [-0.2, 0) is 29.1 Å². The molecule has 3 aromatic carbocycles. The lowest BCUT2D eigenvalue weighted by atomic mass is 10.00. The molecule has 2 aliphatic rings. The summed E-state index contributed by atoms with van der Waals surface area (Å²) in [4.78, 5) is 48.8. The van der Waals surface area contributed by atoms with E-state index in [2.05, 4.69) is 10.3 Å². The van der Waals surface area contributed by atoms with Crippen LogP contribution in [0.15, 0.2) is 72.8 Å². The highest BCUT2D eigenvalue weighted by molar-refractivity contribution is 7.22. The molecule has 224 valence electrons. The molecule has 0 aliphatic carbocycles. The first-order valence-electron chi connectivity index (χ1n) is 14.0. The van der Waals surface area contributed by atoms with Gasteiger partial charge in [-0.1, -0.05) is 65.9 Å². The number of fused-ring (bicyclic) bond motifs is 2. The minimum absolute atomic E-state index is 0.0965. The quantitative estimate of drug-likeness (QED) is 0.292. The molecule has 4 aromatic rings. The number of urea groups is 1. The molecular weight excluding hydrogens is 583 g/mol. The van der Waals surface area contributed by atoms with E-state index in [1.165, 1.54) is 28.5 Å². The number of nitriles is 1. The molecule has 2 atom stereocenters. The fraction of sp³-hybridized carbons (Fsp3) is 0.258. The SMILES string of the molecule is N#CCN(C(=O)NCc1ccc(F)cc1)N1CC(=O)N2[C@@H](Cc3ccccc3)C(=O)N(Cc3cccc4sc(N)nc34)C[C@@H]21. The minimum Gasteiger partial charge on any atom is -0.375 e. The van der Waals surface area contributed by atoms with Gasteiger partial charge < -0.3 is 20.9 Å². The third-order valence-electron chi connectivity index (χ3n) is 7.84. The Morgan fingerprint density at radius 1 is 1.09 bits per heavy atom. The Morgan fingerprint density at radius 3 is 2.61 bits per heavy atom. The predicted molar refractivity (Wildman–Crippen MR) is 162 cm³/mol. The monoisotopic (exact) mass is 612 g/mol. The van der Waals surface area contributed by atoms with Crippen LogP contribution in [0, 0.1) is 17.1 Å². The maximum absolute atomic E-state index is 14.1. The van der Waals surface area contributed by atoms with Gasteiger partial charge in [-0.2, -0.15) is 10.3 Å². The molecule has 3 N–H and O–H groups in total. The zero-order chi connectivity index (χ0) is 30.8. The van der Waals surface area contributed by atoms with Crippen molar-refractivity contribution in [2.45, 2.75) is 31.7 Å². The molecular formula is C31H29FN8O3S. The molecule has 3 heterocycles. The first kappa shape index (κ1) is 29.0. The summed E-state index contributed by atoms with van der Waals surface area (Å²) in [6, 6.07) is 21.5. The van der Waals surface area contributed by atoms with Gasteiger partial charge in [-0.05, 0) is 34.9 Å².